The third-order valence-electron chi connectivity index (χ3n) is 5.77. The first-order valence-corrected chi connectivity index (χ1v) is 10.7. The van der Waals surface area contributed by atoms with Gasteiger partial charge in [0.2, 0.25) is 0 Å². The molecule has 5 aromatic carbocycles. The molecular weight excluding hydrogens is 388 g/mol. The predicted octanol–water partition coefficient (Wildman–Crippen LogP) is 7.52. The number of hydrogen-bond acceptors (Lipinski definition) is 2. The average Bonchev–Trinajstić information content (AvgIpc) is 2.85. The second kappa shape index (κ2) is 8.44. The van der Waals surface area contributed by atoms with Crippen LogP contribution in [0.1, 0.15) is 0 Å². The van der Waals surface area contributed by atoms with Gasteiger partial charge in [-0.05, 0) is 74.8 Å². The Morgan fingerprint density at radius 3 is 1.38 bits per heavy atom. The van der Waals surface area contributed by atoms with Crippen molar-refractivity contribution in [1.29, 1.82) is 0 Å². The zero-order valence-corrected chi connectivity index (χ0v) is 17.7. The van der Waals surface area contributed by atoms with Gasteiger partial charge in [0, 0.05) is 11.4 Å². The summed E-state index contributed by atoms with van der Waals surface area (Å²) in [6.45, 7) is 0. The van der Waals surface area contributed by atoms with Crippen LogP contribution in [-0.4, -0.2) is 0 Å². The van der Waals surface area contributed by atoms with E-state index < -0.39 is 0 Å². The smallest absolute Gasteiger partial charge is 0.0320 e. The van der Waals surface area contributed by atoms with Gasteiger partial charge in [0.15, 0.2) is 0 Å². The average molecular weight is 413 g/mol. The van der Waals surface area contributed by atoms with Crippen molar-refractivity contribution >= 4 is 11.4 Å². The van der Waals surface area contributed by atoms with Gasteiger partial charge in [-0.25, -0.2) is 0 Å². The molecule has 0 aliphatic carbocycles. The zero-order chi connectivity index (χ0) is 21.9. The lowest BCUT2D eigenvalue weighted by Crippen LogP contribution is -1.93. The first-order valence-electron chi connectivity index (χ1n) is 10.7. The summed E-state index contributed by atoms with van der Waals surface area (Å²) in [4.78, 5) is 0. The Morgan fingerprint density at radius 1 is 0.312 bits per heavy atom. The summed E-state index contributed by atoms with van der Waals surface area (Å²) in [5, 5.41) is 0. The van der Waals surface area contributed by atoms with Crippen LogP contribution < -0.4 is 11.5 Å². The quantitative estimate of drug-likeness (QED) is 0.300. The van der Waals surface area contributed by atoms with Gasteiger partial charge in [0.05, 0.1) is 0 Å². The first kappa shape index (κ1) is 19.7. The SMILES string of the molecule is Nc1ccc(-c2ccc(-c3ccc(N)cc3-c3ccccc3)c(-c3ccccc3)c2)cc1. The van der Waals surface area contributed by atoms with Crippen molar-refractivity contribution in [3.8, 4) is 44.5 Å². The number of hydrogen-bond donors (Lipinski definition) is 2. The molecule has 0 radical (unpaired) electrons. The van der Waals surface area contributed by atoms with Crippen LogP contribution in [0.15, 0.2) is 121 Å². The molecule has 0 aliphatic rings. The van der Waals surface area contributed by atoms with E-state index in [2.05, 4.69) is 91.0 Å². The lowest BCUT2D eigenvalue weighted by Gasteiger charge is -2.17. The number of nitrogen functional groups attached to an aromatic ring is 2. The highest BCUT2D eigenvalue weighted by Gasteiger charge is 2.14. The third kappa shape index (κ3) is 3.86. The Balaban J connectivity index is 1.74. The highest BCUT2D eigenvalue weighted by molar-refractivity contribution is 5.94. The molecule has 0 amide bonds. The van der Waals surface area contributed by atoms with Gasteiger partial charge in [-0.3, -0.25) is 0 Å². The molecular formula is C30H24N2. The summed E-state index contributed by atoms with van der Waals surface area (Å²) in [5.41, 5.74) is 22.9. The maximum absolute atomic E-state index is 6.19. The van der Waals surface area contributed by atoms with Crippen LogP contribution in [0.2, 0.25) is 0 Å². The van der Waals surface area contributed by atoms with E-state index in [4.69, 9.17) is 11.5 Å². The van der Waals surface area contributed by atoms with E-state index in [1.54, 1.807) is 0 Å². The van der Waals surface area contributed by atoms with Crippen molar-refractivity contribution in [2.24, 2.45) is 0 Å². The summed E-state index contributed by atoms with van der Waals surface area (Å²) in [7, 11) is 0. The van der Waals surface area contributed by atoms with Crippen LogP contribution in [0.25, 0.3) is 44.5 Å². The molecule has 5 aromatic rings. The molecule has 0 heterocycles. The minimum absolute atomic E-state index is 0.757. The predicted molar refractivity (Wildman–Crippen MR) is 137 cm³/mol. The molecule has 0 aliphatic heterocycles. The number of nitrogens with two attached hydrogens (primary N) is 2. The van der Waals surface area contributed by atoms with Gasteiger partial charge >= 0.3 is 0 Å². The molecule has 2 heteroatoms. The van der Waals surface area contributed by atoms with Gasteiger partial charge in [-0.15, -0.1) is 0 Å². The lowest BCUT2D eigenvalue weighted by atomic mass is 9.87. The van der Waals surface area contributed by atoms with E-state index in [1.807, 2.05) is 30.3 Å². The van der Waals surface area contributed by atoms with Crippen molar-refractivity contribution < 1.29 is 0 Å². The highest BCUT2D eigenvalue weighted by atomic mass is 14.5. The Morgan fingerprint density at radius 2 is 0.781 bits per heavy atom. The van der Waals surface area contributed by atoms with E-state index in [9.17, 15) is 0 Å². The summed E-state index contributed by atoms with van der Waals surface area (Å²) < 4.78 is 0. The minimum Gasteiger partial charge on any atom is -0.399 e. The number of rotatable bonds is 4. The van der Waals surface area contributed by atoms with Crippen LogP contribution in [-0.2, 0) is 0 Å². The van der Waals surface area contributed by atoms with Crippen LogP contribution in [0, 0.1) is 0 Å². The van der Waals surface area contributed by atoms with E-state index in [0.29, 0.717) is 0 Å². The summed E-state index contributed by atoms with van der Waals surface area (Å²) >= 11 is 0. The van der Waals surface area contributed by atoms with Gasteiger partial charge < -0.3 is 11.5 Å². The molecule has 0 atom stereocenters. The van der Waals surface area contributed by atoms with Crippen molar-refractivity contribution in [3.63, 3.8) is 0 Å². The standard InChI is InChI=1S/C30H24N2/c31-25-14-11-21(12-15-25)24-13-17-27(29(19-24)22-7-3-1-4-8-22)28-18-16-26(32)20-30(28)23-9-5-2-6-10-23/h1-20H,31-32H2. The Labute approximate surface area is 188 Å². The molecule has 0 saturated heterocycles. The molecule has 0 unspecified atom stereocenters. The van der Waals surface area contributed by atoms with Gasteiger partial charge in [0.25, 0.3) is 0 Å². The molecule has 0 bridgehead atoms. The molecule has 2 nitrogen and oxygen atoms in total. The molecule has 4 N–H and O–H groups in total. The Hall–Kier alpha value is -4.30. The Bertz CT molecular complexity index is 1360. The normalized spacial score (nSPS) is 10.8. The fraction of sp³-hybridized carbons (Fsp3) is 0. The van der Waals surface area contributed by atoms with Crippen molar-refractivity contribution in [2.45, 2.75) is 0 Å². The van der Waals surface area contributed by atoms with Crippen molar-refractivity contribution in [2.75, 3.05) is 11.5 Å². The van der Waals surface area contributed by atoms with Crippen LogP contribution >= 0.6 is 0 Å². The van der Waals surface area contributed by atoms with Gasteiger partial charge in [0.1, 0.15) is 0 Å². The largest absolute Gasteiger partial charge is 0.399 e. The topological polar surface area (TPSA) is 52.0 Å². The molecule has 0 saturated carbocycles. The van der Waals surface area contributed by atoms with E-state index in [1.165, 1.54) is 16.7 Å². The summed E-state index contributed by atoms with van der Waals surface area (Å²) in [6.07, 6.45) is 0. The molecule has 5 rings (SSSR count). The van der Waals surface area contributed by atoms with Crippen LogP contribution in [0.3, 0.4) is 0 Å². The number of anilines is 2. The molecule has 0 fully saturated rings. The highest BCUT2D eigenvalue weighted by Crippen LogP contribution is 2.40. The first-order chi connectivity index (χ1) is 15.7. The van der Waals surface area contributed by atoms with Crippen molar-refractivity contribution in [3.05, 3.63) is 121 Å². The minimum atomic E-state index is 0.757. The van der Waals surface area contributed by atoms with Gasteiger partial charge in [-0.2, -0.15) is 0 Å². The maximum Gasteiger partial charge on any atom is 0.0320 e. The van der Waals surface area contributed by atoms with E-state index >= 15 is 0 Å². The second-order valence-electron chi connectivity index (χ2n) is 7.92. The van der Waals surface area contributed by atoms with Gasteiger partial charge in [-0.1, -0.05) is 91.0 Å². The molecule has 32 heavy (non-hydrogen) atoms. The van der Waals surface area contributed by atoms with Crippen molar-refractivity contribution in [1.82, 2.24) is 0 Å². The number of benzene rings is 5. The third-order valence-corrected chi connectivity index (χ3v) is 5.77. The Kier molecular flexibility index (Phi) is 5.19. The summed E-state index contributed by atoms with van der Waals surface area (Å²) in [5.74, 6) is 0. The monoisotopic (exact) mass is 412 g/mol. The van der Waals surface area contributed by atoms with Crippen LogP contribution in [0.5, 0.6) is 0 Å². The van der Waals surface area contributed by atoms with E-state index in [-0.39, 0.29) is 0 Å². The zero-order valence-electron chi connectivity index (χ0n) is 17.7. The summed E-state index contributed by atoms with van der Waals surface area (Å²) in [6, 6.07) is 41.8. The second-order valence-corrected chi connectivity index (χ2v) is 7.92. The molecule has 0 spiro atoms. The fourth-order valence-corrected chi connectivity index (χ4v) is 4.14. The van der Waals surface area contributed by atoms with E-state index in [0.717, 1.165) is 39.2 Å². The fourth-order valence-electron chi connectivity index (χ4n) is 4.14. The lowest BCUT2D eigenvalue weighted by molar-refractivity contribution is 1.55. The molecule has 0 aromatic heterocycles. The molecule has 154 valence electrons. The maximum atomic E-state index is 6.19. The van der Waals surface area contributed by atoms with Crippen LogP contribution in [0.4, 0.5) is 11.4 Å².